The first-order chi connectivity index (χ1) is 11.6. The number of allylic oxidation sites excluding steroid dienone is 2. The van der Waals surface area contributed by atoms with Crippen LogP contribution in [0.15, 0.2) is 12.2 Å². The van der Waals surface area contributed by atoms with Gasteiger partial charge in [-0.2, -0.15) is 0 Å². The van der Waals surface area contributed by atoms with Gasteiger partial charge in [-0.1, -0.05) is 60.7 Å². The van der Waals surface area contributed by atoms with E-state index in [-0.39, 0.29) is 0 Å². The number of rotatable bonds is 16. The van der Waals surface area contributed by atoms with Gasteiger partial charge >= 0.3 is 0 Å². The normalized spacial score (nSPS) is 11.5. The molecule has 0 fully saturated rings. The van der Waals surface area contributed by atoms with Gasteiger partial charge in [0.2, 0.25) is 5.91 Å². The molecule has 0 rings (SSSR count). The lowest BCUT2D eigenvalue weighted by Gasteiger charge is -2.27. The van der Waals surface area contributed by atoms with Crippen LogP contribution in [0.25, 0.3) is 0 Å². The number of nitrogens with zero attached hydrogens (tertiary/aromatic N) is 1. The maximum Gasteiger partial charge on any atom is 0.222 e. The zero-order chi connectivity index (χ0) is 18.0. The van der Waals surface area contributed by atoms with Crippen LogP contribution in [0.5, 0.6) is 0 Å². The van der Waals surface area contributed by atoms with E-state index in [1.807, 2.05) is 0 Å². The molecule has 142 valence electrons. The first-order valence-electron chi connectivity index (χ1n) is 10.1. The maximum absolute atomic E-state index is 12.3. The number of unbranched alkanes of at least 4 members (excludes halogenated alkanes) is 8. The van der Waals surface area contributed by atoms with E-state index in [1.165, 1.54) is 51.4 Å². The Bertz CT molecular complexity index is 315. The van der Waals surface area contributed by atoms with E-state index in [0.717, 1.165) is 37.6 Å². The van der Waals surface area contributed by atoms with Crippen molar-refractivity contribution in [1.82, 2.24) is 4.90 Å². The van der Waals surface area contributed by atoms with Crippen LogP contribution in [0.1, 0.15) is 97.8 Å². The van der Waals surface area contributed by atoms with Crippen LogP contribution >= 0.6 is 15.9 Å². The molecule has 0 bridgehead atoms. The first kappa shape index (κ1) is 23.7. The molecule has 0 aromatic carbocycles. The lowest BCUT2D eigenvalue weighted by atomic mass is 10.1. The van der Waals surface area contributed by atoms with Gasteiger partial charge in [-0.25, -0.2) is 0 Å². The molecule has 2 nitrogen and oxygen atoms in total. The van der Waals surface area contributed by atoms with E-state index in [0.29, 0.717) is 11.9 Å². The van der Waals surface area contributed by atoms with Crippen molar-refractivity contribution < 1.29 is 4.79 Å². The van der Waals surface area contributed by atoms with Crippen LogP contribution in [0, 0.1) is 0 Å². The van der Waals surface area contributed by atoms with Crippen LogP contribution in [0.4, 0.5) is 0 Å². The zero-order valence-electron chi connectivity index (χ0n) is 16.4. The van der Waals surface area contributed by atoms with Crippen molar-refractivity contribution >= 4 is 21.8 Å². The van der Waals surface area contributed by atoms with Crippen molar-refractivity contribution in [3.63, 3.8) is 0 Å². The molecule has 0 aliphatic carbocycles. The molecule has 0 aromatic heterocycles. The van der Waals surface area contributed by atoms with Gasteiger partial charge in [-0.05, 0) is 58.8 Å². The molecule has 0 aromatic rings. The minimum Gasteiger partial charge on any atom is -0.340 e. The van der Waals surface area contributed by atoms with Gasteiger partial charge in [0.25, 0.3) is 0 Å². The average Bonchev–Trinajstić information content (AvgIpc) is 2.55. The van der Waals surface area contributed by atoms with Crippen molar-refractivity contribution in [3.8, 4) is 0 Å². The molecule has 0 aliphatic rings. The van der Waals surface area contributed by atoms with Crippen LogP contribution in [-0.4, -0.2) is 28.7 Å². The maximum atomic E-state index is 12.3. The van der Waals surface area contributed by atoms with Crippen LogP contribution < -0.4 is 0 Å². The molecule has 0 spiro atoms. The Kier molecular flexibility index (Phi) is 17.3. The average molecular weight is 402 g/mol. The molecular formula is C21H40BrNO. The Balaban J connectivity index is 3.71. The zero-order valence-corrected chi connectivity index (χ0v) is 18.0. The fourth-order valence-corrected chi connectivity index (χ4v) is 3.23. The molecule has 0 N–H and O–H groups in total. The number of hydrogen-bond acceptors (Lipinski definition) is 1. The number of alkyl halides is 1. The van der Waals surface area contributed by atoms with Gasteiger partial charge in [-0.3, -0.25) is 4.79 Å². The molecule has 0 heterocycles. The van der Waals surface area contributed by atoms with Gasteiger partial charge in [0.15, 0.2) is 0 Å². The van der Waals surface area contributed by atoms with E-state index in [4.69, 9.17) is 0 Å². The number of hydrogen-bond donors (Lipinski definition) is 0. The summed E-state index contributed by atoms with van der Waals surface area (Å²) < 4.78 is 0. The third-order valence-corrected chi connectivity index (χ3v) is 4.94. The SMILES string of the molecule is CCCCCC(=O)N(CCCC/C=C\CCCCCCBr)C(C)C. The molecule has 3 heteroatoms. The number of amides is 1. The lowest BCUT2D eigenvalue weighted by molar-refractivity contribution is -0.133. The topological polar surface area (TPSA) is 20.3 Å². The van der Waals surface area contributed by atoms with Gasteiger partial charge < -0.3 is 4.90 Å². The van der Waals surface area contributed by atoms with E-state index in [9.17, 15) is 4.79 Å². The highest BCUT2D eigenvalue weighted by molar-refractivity contribution is 9.09. The largest absolute Gasteiger partial charge is 0.340 e. The van der Waals surface area contributed by atoms with Crippen molar-refractivity contribution in [2.24, 2.45) is 0 Å². The van der Waals surface area contributed by atoms with E-state index < -0.39 is 0 Å². The Morgan fingerprint density at radius 1 is 0.917 bits per heavy atom. The smallest absolute Gasteiger partial charge is 0.222 e. The quantitative estimate of drug-likeness (QED) is 0.157. The minimum atomic E-state index is 0.328. The third kappa shape index (κ3) is 14.1. The summed E-state index contributed by atoms with van der Waals surface area (Å²) in [6.45, 7) is 7.37. The van der Waals surface area contributed by atoms with E-state index in [1.54, 1.807) is 0 Å². The van der Waals surface area contributed by atoms with Crippen molar-refractivity contribution in [2.45, 2.75) is 104 Å². The van der Waals surface area contributed by atoms with Crippen LogP contribution in [-0.2, 0) is 4.79 Å². The summed E-state index contributed by atoms with van der Waals surface area (Å²) in [7, 11) is 0. The standard InChI is InChI=1S/C21H40BrNO/c1-4-5-14-17-21(24)23(20(2)3)19-16-13-11-9-7-6-8-10-12-15-18-22/h7,9,20H,4-6,8,10-19H2,1-3H3/b9-7-. The molecule has 0 saturated heterocycles. The Labute approximate surface area is 159 Å². The fraction of sp³-hybridized carbons (Fsp3) is 0.857. The summed E-state index contributed by atoms with van der Waals surface area (Å²) in [5.41, 5.74) is 0. The Morgan fingerprint density at radius 2 is 1.54 bits per heavy atom. The highest BCUT2D eigenvalue weighted by Crippen LogP contribution is 2.10. The van der Waals surface area contributed by atoms with Crippen LogP contribution in [0.3, 0.4) is 0 Å². The van der Waals surface area contributed by atoms with E-state index in [2.05, 4.69) is 53.8 Å². The third-order valence-electron chi connectivity index (χ3n) is 4.38. The van der Waals surface area contributed by atoms with Gasteiger partial charge in [0.1, 0.15) is 0 Å². The molecule has 0 atom stereocenters. The first-order valence-corrected chi connectivity index (χ1v) is 11.3. The Hall–Kier alpha value is -0.310. The second kappa shape index (κ2) is 17.5. The number of halogens is 1. The number of carbonyl (C=O) groups excluding carboxylic acids is 1. The van der Waals surface area contributed by atoms with Crippen molar-refractivity contribution in [1.29, 1.82) is 0 Å². The molecule has 0 radical (unpaired) electrons. The predicted octanol–water partition coefficient (Wildman–Crippen LogP) is 6.88. The highest BCUT2D eigenvalue weighted by Gasteiger charge is 2.15. The summed E-state index contributed by atoms with van der Waals surface area (Å²) in [6, 6.07) is 0.328. The second-order valence-electron chi connectivity index (χ2n) is 7.00. The second-order valence-corrected chi connectivity index (χ2v) is 7.79. The van der Waals surface area contributed by atoms with Crippen molar-refractivity contribution in [3.05, 3.63) is 12.2 Å². The monoisotopic (exact) mass is 401 g/mol. The van der Waals surface area contributed by atoms with Gasteiger partial charge in [0, 0.05) is 24.3 Å². The minimum absolute atomic E-state index is 0.328. The van der Waals surface area contributed by atoms with Crippen molar-refractivity contribution in [2.75, 3.05) is 11.9 Å². The predicted molar refractivity (Wildman–Crippen MR) is 111 cm³/mol. The fourth-order valence-electron chi connectivity index (χ4n) is 2.83. The summed E-state index contributed by atoms with van der Waals surface area (Å²) in [5.74, 6) is 0.345. The summed E-state index contributed by atoms with van der Waals surface area (Å²) >= 11 is 3.47. The van der Waals surface area contributed by atoms with Gasteiger partial charge in [0.05, 0.1) is 0 Å². The van der Waals surface area contributed by atoms with Gasteiger partial charge in [-0.15, -0.1) is 0 Å². The molecular weight excluding hydrogens is 362 g/mol. The molecule has 0 saturated carbocycles. The summed E-state index contributed by atoms with van der Waals surface area (Å²) in [5, 5.41) is 1.14. The number of carbonyl (C=O) groups is 1. The van der Waals surface area contributed by atoms with E-state index >= 15 is 0 Å². The Morgan fingerprint density at radius 3 is 2.12 bits per heavy atom. The highest BCUT2D eigenvalue weighted by atomic mass is 79.9. The summed E-state index contributed by atoms with van der Waals surface area (Å²) in [6.07, 6.45) is 18.7. The molecule has 0 aliphatic heterocycles. The molecule has 1 amide bonds. The lowest BCUT2D eigenvalue weighted by Crippen LogP contribution is -2.37. The van der Waals surface area contributed by atoms with Crippen LogP contribution in [0.2, 0.25) is 0 Å². The summed E-state index contributed by atoms with van der Waals surface area (Å²) in [4.78, 5) is 14.4. The molecule has 24 heavy (non-hydrogen) atoms. The molecule has 0 unspecified atom stereocenters.